The van der Waals surface area contributed by atoms with Gasteiger partial charge in [0.05, 0.1) is 11.4 Å². The van der Waals surface area contributed by atoms with E-state index in [0.29, 0.717) is 17.8 Å². The van der Waals surface area contributed by atoms with Crippen molar-refractivity contribution in [2.45, 2.75) is 31.1 Å². The summed E-state index contributed by atoms with van der Waals surface area (Å²) in [6, 6.07) is 0. The Morgan fingerprint density at radius 1 is 1.33 bits per heavy atom. The van der Waals surface area contributed by atoms with Gasteiger partial charge in [0.15, 0.2) is 0 Å². The zero-order valence-electron chi connectivity index (χ0n) is 6.93. The molecule has 4 heteroatoms. The van der Waals surface area contributed by atoms with Crippen LogP contribution < -0.4 is 0 Å². The van der Waals surface area contributed by atoms with Gasteiger partial charge in [0.25, 0.3) is 10.1 Å². The molecule has 0 radical (unpaired) electrons. The molecule has 1 aliphatic heterocycles. The third kappa shape index (κ3) is 0.726. The molecule has 68 valence electrons. The minimum atomic E-state index is -3.18. The zero-order valence-corrected chi connectivity index (χ0v) is 7.75. The number of hydrogen-bond acceptors (Lipinski definition) is 3. The lowest BCUT2D eigenvalue weighted by molar-refractivity contribution is 0.194. The van der Waals surface area contributed by atoms with Crippen LogP contribution in [0.2, 0.25) is 0 Å². The fourth-order valence-electron chi connectivity index (χ4n) is 3.05. The average Bonchev–Trinajstić information content (AvgIpc) is 2.53. The van der Waals surface area contributed by atoms with Crippen LogP contribution in [0.4, 0.5) is 0 Å². The number of rotatable bonds is 0. The quantitative estimate of drug-likeness (QED) is 0.527. The Kier molecular flexibility index (Phi) is 1.14. The monoisotopic (exact) mass is 188 g/mol. The van der Waals surface area contributed by atoms with E-state index in [9.17, 15) is 8.42 Å². The summed E-state index contributed by atoms with van der Waals surface area (Å²) in [5.74, 6) is 1.70. The van der Waals surface area contributed by atoms with Gasteiger partial charge in [-0.15, -0.1) is 0 Å². The van der Waals surface area contributed by atoms with Gasteiger partial charge in [-0.05, 0) is 31.6 Å². The fraction of sp³-hybridized carbons (Fsp3) is 1.00. The van der Waals surface area contributed by atoms with Crippen LogP contribution in [0.5, 0.6) is 0 Å². The molecule has 3 rings (SSSR count). The first-order valence-corrected chi connectivity index (χ1v) is 5.99. The number of fused-ring (bicyclic) bond motifs is 3. The molecule has 0 aromatic rings. The van der Waals surface area contributed by atoms with Crippen LogP contribution in [-0.4, -0.2) is 19.8 Å². The van der Waals surface area contributed by atoms with Gasteiger partial charge in [0.1, 0.15) is 0 Å². The van der Waals surface area contributed by atoms with Crippen molar-refractivity contribution in [3.05, 3.63) is 0 Å². The second-order valence-corrected chi connectivity index (χ2v) is 6.09. The van der Waals surface area contributed by atoms with Crippen LogP contribution in [0.1, 0.15) is 19.8 Å². The molecular weight excluding hydrogens is 176 g/mol. The predicted molar refractivity (Wildman–Crippen MR) is 43.0 cm³/mol. The van der Waals surface area contributed by atoms with E-state index >= 15 is 0 Å². The molecule has 0 amide bonds. The maximum Gasteiger partial charge on any atom is 0.270 e. The summed E-state index contributed by atoms with van der Waals surface area (Å²) in [5.41, 5.74) is 0. The molecule has 3 fully saturated rings. The summed E-state index contributed by atoms with van der Waals surface area (Å²) in [5, 5.41) is -0.156. The van der Waals surface area contributed by atoms with Crippen molar-refractivity contribution < 1.29 is 12.6 Å². The molecule has 0 aromatic heterocycles. The second-order valence-electron chi connectivity index (χ2n) is 4.31. The van der Waals surface area contributed by atoms with E-state index in [4.69, 9.17) is 4.18 Å². The lowest BCUT2D eigenvalue weighted by atomic mass is 9.98. The van der Waals surface area contributed by atoms with Crippen molar-refractivity contribution >= 4 is 10.1 Å². The van der Waals surface area contributed by atoms with Gasteiger partial charge < -0.3 is 0 Å². The third-order valence-electron chi connectivity index (χ3n) is 3.63. The van der Waals surface area contributed by atoms with Gasteiger partial charge >= 0.3 is 0 Å². The summed E-state index contributed by atoms with van der Waals surface area (Å²) in [4.78, 5) is 0. The highest BCUT2D eigenvalue weighted by atomic mass is 32.2. The Bertz CT molecular complexity index is 321. The maximum absolute atomic E-state index is 11.4. The summed E-state index contributed by atoms with van der Waals surface area (Å²) in [7, 11) is -3.18. The average molecular weight is 188 g/mol. The van der Waals surface area contributed by atoms with Crippen LogP contribution in [-0.2, 0) is 14.3 Å². The Hall–Kier alpha value is -0.0900. The van der Waals surface area contributed by atoms with Gasteiger partial charge in [-0.3, -0.25) is 4.18 Å². The van der Waals surface area contributed by atoms with E-state index in [-0.39, 0.29) is 11.4 Å². The predicted octanol–water partition coefficient (Wildman–Crippen LogP) is 0.760. The van der Waals surface area contributed by atoms with Crippen LogP contribution in [0.15, 0.2) is 0 Å². The molecule has 0 N–H and O–H groups in total. The largest absolute Gasteiger partial charge is 0.270 e. The van der Waals surface area contributed by atoms with Gasteiger partial charge in [-0.1, -0.05) is 0 Å². The molecular formula is C8H12O3S. The van der Waals surface area contributed by atoms with Gasteiger partial charge in [-0.25, -0.2) is 0 Å². The highest BCUT2D eigenvalue weighted by Crippen LogP contribution is 2.61. The Balaban J connectivity index is 2.03. The van der Waals surface area contributed by atoms with Crippen molar-refractivity contribution in [1.82, 2.24) is 0 Å². The molecule has 3 nitrogen and oxygen atoms in total. The van der Waals surface area contributed by atoms with Gasteiger partial charge in [-0.2, -0.15) is 8.42 Å². The van der Waals surface area contributed by atoms with Crippen molar-refractivity contribution in [3.63, 3.8) is 0 Å². The molecule has 2 saturated carbocycles. The standard InChI is InChI=1S/C8H12O3S/c1-4-8-6-2-5(6)3-7(8)12(9,10)11-4/h4-8H,2-3H2,1H3. The van der Waals surface area contributed by atoms with Crippen molar-refractivity contribution in [2.24, 2.45) is 17.8 Å². The molecule has 1 saturated heterocycles. The SMILES string of the molecule is CC1OS(=O)(=O)C2CC3CC3C12. The van der Waals surface area contributed by atoms with Crippen LogP contribution in [0.25, 0.3) is 0 Å². The normalized spacial score (nSPS) is 59.6. The third-order valence-corrected chi connectivity index (χ3v) is 5.45. The topological polar surface area (TPSA) is 43.4 Å². The second kappa shape index (κ2) is 1.87. The molecule has 1 heterocycles. The molecule has 5 atom stereocenters. The van der Waals surface area contributed by atoms with Crippen LogP contribution >= 0.6 is 0 Å². The fourth-order valence-corrected chi connectivity index (χ4v) is 5.04. The molecule has 0 bridgehead atoms. The zero-order chi connectivity index (χ0) is 8.51. The first-order chi connectivity index (χ1) is 5.59. The summed E-state index contributed by atoms with van der Waals surface area (Å²) >= 11 is 0. The van der Waals surface area contributed by atoms with Gasteiger partial charge in [0.2, 0.25) is 0 Å². The van der Waals surface area contributed by atoms with Crippen molar-refractivity contribution in [2.75, 3.05) is 0 Å². The first kappa shape index (κ1) is 7.33. The van der Waals surface area contributed by atoms with Crippen molar-refractivity contribution in [3.8, 4) is 0 Å². The minimum absolute atomic E-state index is 0.0579. The van der Waals surface area contributed by atoms with E-state index in [1.54, 1.807) is 0 Å². The summed E-state index contributed by atoms with van der Waals surface area (Å²) < 4.78 is 27.8. The van der Waals surface area contributed by atoms with E-state index < -0.39 is 10.1 Å². The van der Waals surface area contributed by atoms with E-state index in [0.717, 1.165) is 6.42 Å². The van der Waals surface area contributed by atoms with Gasteiger partial charge in [0, 0.05) is 5.92 Å². The Morgan fingerprint density at radius 3 is 2.75 bits per heavy atom. The summed E-state index contributed by atoms with van der Waals surface area (Å²) in [6.07, 6.45) is 2.05. The smallest absolute Gasteiger partial charge is 0.266 e. The minimum Gasteiger partial charge on any atom is -0.266 e. The molecule has 12 heavy (non-hydrogen) atoms. The number of hydrogen-bond donors (Lipinski definition) is 0. The molecule has 0 spiro atoms. The molecule has 3 aliphatic rings. The van der Waals surface area contributed by atoms with Crippen LogP contribution in [0.3, 0.4) is 0 Å². The Labute approximate surface area is 72.2 Å². The lowest BCUT2D eigenvalue weighted by Gasteiger charge is -2.10. The summed E-state index contributed by atoms with van der Waals surface area (Å²) in [6.45, 7) is 1.89. The first-order valence-electron chi connectivity index (χ1n) is 4.52. The van der Waals surface area contributed by atoms with Crippen molar-refractivity contribution in [1.29, 1.82) is 0 Å². The van der Waals surface area contributed by atoms with E-state index in [2.05, 4.69) is 0 Å². The molecule has 2 aliphatic carbocycles. The highest BCUT2D eigenvalue weighted by Gasteiger charge is 2.63. The highest BCUT2D eigenvalue weighted by molar-refractivity contribution is 7.87. The molecule has 5 unspecified atom stereocenters. The molecule has 0 aromatic carbocycles. The maximum atomic E-state index is 11.4. The van der Waals surface area contributed by atoms with Crippen LogP contribution in [0, 0.1) is 17.8 Å². The Morgan fingerprint density at radius 2 is 2.08 bits per heavy atom. The lowest BCUT2D eigenvalue weighted by Crippen LogP contribution is -2.21. The van der Waals surface area contributed by atoms with E-state index in [1.807, 2.05) is 6.92 Å². The van der Waals surface area contributed by atoms with E-state index in [1.165, 1.54) is 6.42 Å².